The van der Waals surface area contributed by atoms with Crippen LogP contribution in [0.4, 0.5) is 9.18 Å². The zero-order chi connectivity index (χ0) is 13.8. The number of amides is 2. The number of carbonyl (C=O) groups is 1. The van der Waals surface area contributed by atoms with Crippen LogP contribution in [0.25, 0.3) is 0 Å². The van der Waals surface area contributed by atoms with E-state index in [1.165, 1.54) is 12.1 Å². The largest absolute Gasteiger partial charge is 0.368 e. The summed E-state index contributed by atoms with van der Waals surface area (Å²) in [6, 6.07) is 1.91. The van der Waals surface area contributed by atoms with Crippen LogP contribution in [0.5, 0.6) is 0 Å². The van der Waals surface area contributed by atoms with Gasteiger partial charge < -0.3 is 0 Å². The van der Waals surface area contributed by atoms with E-state index in [0.717, 1.165) is 0 Å². The van der Waals surface area contributed by atoms with E-state index in [1.807, 2.05) is 0 Å². The Morgan fingerprint density at radius 1 is 1.32 bits per heavy atom. The van der Waals surface area contributed by atoms with Gasteiger partial charge in [0.15, 0.2) is 0 Å². The first-order valence-electron chi connectivity index (χ1n) is 5.61. The van der Waals surface area contributed by atoms with Gasteiger partial charge in [0.25, 0.3) is 0 Å². The molecule has 0 aromatic heterocycles. The second-order valence-electron chi connectivity index (χ2n) is 4.77. The van der Waals surface area contributed by atoms with Gasteiger partial charge in [0.05, 0.1) is 22.3 Å². The molecule has 19 heavy (non-hydrogen) atoms. The van der Waals surface area contributed by atoms with Crippen LogP contribution in [-0.2, 0) is 15.4 Å². The summed E-state index contributed by atoms with van der Waals surface area (Å²) in [4.78, 5) is 18.4. The SMILES string of the molecule is NS(=O)(=O)c1ccc2c(c1C1(CF)CC1)=NC(=O)N=2. The molecule has 0 saturated heterocycles. The second kappa shape index (κ2) is 3.67. The molecule has 1 aliphatic carbocycles. The number of alkyl halides is 1. The van der Waals surface area contributed by atoms with Crippen LogP contribution in [0.3, 0.4) is 0 Å². The van der Waals surface area contributed by atoms with E-state index in [4.69, 9.17) is 5.14 Å². The highest BCUT2D eigenvalue weighted by molar-refractivity contribution is 7.89. The number of fused-ring (bicyclic) bond motifs is 1. The van der Waals surface area contributed by atoms with Gasteiger partial charge in [-0.25, -0.2) is 18.4 Å². The van der Waals surface area contributed by atoms with Crippen molar-refractivity contribution in [2.75, 3.05) is 6.67 Å². The first-order chi connectivity index (χ1) is 8.87. The summed E-state index contributed by atoms with van der Waals surface area (Å²) in [5.74, 6) is 0. The summed E-state index contributed by atoms with van der Waals surface area (Å²) in [7, 11) is -4.01. The normalized spacial score (nSPS) is 19.6. The molecule has 3 rings (SSSR count). The van der Waals surface area contributed by atoms with Gasteiger partial charge in [-0.15, -0.1) is 0 Å². The predicted octanol–water partition coefficient (Wildman–Crippen LogP) is -0.292. The highest BCUT2D eigenvalue weighted by Crippen LogP contribution is 2.48. The van der Waals surface area contributed by atoms with E-state index < -0.39 is 28.1 Å². The molecule has 100 valence electrons. The maximum atomic E-state index is 13.3. The Morgan fingerprint density at radius 3 is 2.53 bits per heavy atom. The standard InChI is InChI=1S/C11H10FN3O3S/c12-5-11(3-4-11)8-7(19(13,17)18)2-1-6-9(8)15-10(16)14-6/h1-2H,3-5H2,(H2,13,17,18). The van der Waals surface area contributed by atoms with E-state index in [9.17, 15) is 17.6 Å². The van der Waals surface area contributed by atoms with Crippen molar-refractivity contribution in [3.8, 4) is 0 Å². The molecule has 6 nitrogen and oxygen atoms in total. The topological polar surface area (TPSA) is 102 Å². The first kappa shape index (κ1) is 12.4. The Morgan fingerprint density at radius 2 is 2.00 bits per heavy atom. The van der Waals surface area contributed by atoms with Crippen molar-refractivity contribution < 1.29 is 17.6 Å². The van der Waals surface area contributed by atoms with Crippen LogP contribution in [0.2, 0.25) is 0 Å². The number of carbonyl (C=O) groups excluding carboxylic acids is 1. The van der Waals surface area contributed by atoms with Crippen LogP contribution >= 0.6 is 0 Å². The predicted molar refractivity (Wildman–Crippen MR) is 62.4 cm³/mol. The molecule has 2 aliphatic rings. The van der Waals surface area contributed by atoms with Gasteiger partial charge in [-0.3, -0.25) is 4.39 Å². The fourth-order valence-electron chi connectivity index (χ4n) is 2.34. The summed E-state index contributed by atoms with van der Waals surface area (Å²) >= 11 is 0. The molecule has 1 aromatic rings. The molecule has 1 aromatic carbocycles. The van der Waals surface area contributed by atoms with Crippen LogP contribution in [-0.4, -0.2) is 21.1 Å². The number of hydrogen-bond donors (Lipinski definition) is 1. The van der Waals surface area contributed by atoms with Crippen LogP contribution in [0.15, 0.2) is 27.0 Å². The third kappa shape index (κ3) is 1.79. The van der Waals surface area contributed by atoms with Crippen molar-refractivity contribution in [2.45, 2.75) is 23.2 Å². The molecule has 0 radical (unpaired) electrons. The number of nitrogens with zero attached hydrogens (tertiary/aromatic N) is 2. The molecular formula is C11H10FN3O3S. The number of nitrogens with two attached hydrogens (primary N) is 1. The average Bonchev–Trinajstić information content (AvgIpc) is 3.02. The minimum atomic E-state index is -4.01. The highest BCUT2D eigenvalue weighted by atomic mass is 32.2. The van der Waals surface area contributed by atoms with Gasteiger partial charge in [0, 0.05) is 11.0 Å². The number of urea groups is 1. The summed E-state index contributed by atoms with van der Waals surface area (Å²) < 4.78 is 36.5. The van der Waals surface area contributed by atoms with E-state index in [-0.39, 0.29) is 21.2 Å². The molecule has 2 amide bonds. The molecule has 0 atom stereocenters. The molecule has 0 bridgehead atoms. The minimum Gasteiger partial charge on any atom is -0.250 e. The first-order valence-corrected chi connectivity index (χ1v) is 7.16. The van der Waals surface area contributed by atoms with Crippen molar-refractivity contribution >= 4 is 16.1 Å². The lowest BCUT2D eigenvalue weighted by atomic mass is 9.96. The number of rotatable bonds is 3. The maximum absolute atomic E-state index is 13.3. The summed E-state index contributed by atoms with van der Waals surface area (Å²) in [6.45, 7) is -0.713. The quantitative estimate of drug-likeness (QED) is 0.824. The molecule has 1 saturated carbocycles. The Labute approximate surface area is 107 Å². The number of halogens is 1. The van der Waals surface area contributed by atoms with E-state index in [1.54, 1.807) is 0 Å². The minimum absolute atomic E-state index is 0.145. The molecule has 1 aliphatic heterocycles. The van der Waals surface area contributed by atoms with Crippen molar-refractivity contribution in [1.29, 1.82) is 0 Å². The molecule has 8 heteroatoms. The number of primary sulfonamides is 1. The Bertz CT molecular complexity index is 812. The van der Waals surface area contributed by atoms with Gasteiger partial charge >= 0.3 is 6.03 Å². The molecule has 0 unspecified atom stereocenters. The fraction of sp³-hybridized carbons (Fsp3) is 0.364. The lowest BCUT2D eigenvalue weighted by Gasteiger charge is -2.14. The van der Waals surface area contributed by atoms with Gasteiger partial charge in [-0.2, -0.15) is 9.98 Å². The van der Waals surface area contributed by atoms with Gasteiger partial charge in [-0.05, 0) is 25.0 Å². The average molecular weight is 283 g/mol. The molecule has 0 spiro atoms. The molecule has 1 heterocycles. The van der Waals surface area contributed by atoms with Gasteiger partial charge in [0.1, 0.15) is 0 Å². The lowest BCUT2D eigenvalue weighted by molar-refractivity contribution is 0.256. The summed E-state index contributed by atoms with van der Waals surface area (Å²) in [5.41, 5.74) is -0.693. The van der Waals surface area contributed by atoms with Crippen LogP contribution in [0.1, 0.15) is 18.4 Å². The van der Waals surface area contributed by atoms with Crippen molar-refractivity contribution in [3.63, 3.8) is 0 Å². The molecule has 1 fully saturated rings. The molecule has 2 N–H and O–H groups in total. The monoisotopic (exact) mass is 283 g/mol. The third-order valence-corrected chi connectivity index (χ3v) is 4.44. The second-order valence-corrected chi connectivity index (χ2v) is 6.30. The summed E-state index contributed by atoms with van der Waals surface area (Å²) in [6.07, 6.45) is 1.01. The Kier molecular flexibility index (Phi) is 2.39. The number of benzene rings is 1. The van der Waals surface area contributed by atoms with Crippen molar-refractivity contribution in [3.05, 3.63) is 28.4 Å². The number of hydrogen-bond acceptors (Lipinski definition) is 3. The van der Waals surface area contributed by atoms with Gasteiger partial charge in [-0.1, -0.05) is 0 Å². The van der Waals surface area contributed by atoms with Crippen molar-refractivity contribution in [2.24, 2.45) is 15.1 Å². The highest BCUT2D eigenvalue weighted by Gasteiger charge is 2.48. The van der Waals surface area contributed by atoms with E-state index in [2.05, 4.69) is 9.98 Å². The van der Waals surface area contributed by atoms with E-state index in [0.29, 0.717) is 12.8 Å². The third-order valence-electron chi connectivity index (χ3n) is 3.49. The van der Waals surface area contributed by atoms with Crippen LogP contribution < -0.4 is 15.9 Å². The molecular weight excluding hydrogens is 273 g/mol. The van der Waals surface area contributed by atoms with Gasteiger partial charge in [0.2, 0.25) is 10.0 Å². The fourth-order valence-corrected chi connectivity index (χ4v) is 3.20. The smallest absolute Gasteiger partial charge is 0.250 e. The maximum Gasteiger partial charge on any atom is 0.368 e. The Hall–Kier alpha value is -1.67. The lowest BCUT2D eigenvalue weighted by Crippen LogP contribution is -2.35. The van der Waals surface area contributed by atoms with Crippen molar-refractivity contribution in [1.82, 2.24) is 0 Å². The van der Waals surface area contributed by atoms with E-state index >= 15 is 0 Å². The number of sulfonamides is 1. The zero-order valence-corrected chi connectivity index (χ0v) is 10.6. The summed E-state index contributed by atoms with van der Waals surface area (Å²) in [5, 5.41) is 5.57. The Balaban J connectivity index is 2.45. The van der Waals surface area contributed by atoms with Crippen LogP contribution in [0, 0.1) is 0 Å². The zero-order valence-electron chi connectivity index (χ0n) is 9.76.